The Bertz CT molecular complexity index is 399. The summed E-state index contributed by atoms with van der Waals surface area (Å²) in [5, 5.41) is 6.54. The van der Waals surface area contributed by atoms with E-state index in [2.05, 4.69) is 34.5 Å². The second kappa shape index (κ2) is 11.7. The molecule has 1 aromatic heterocycles. The summed E-state index contributed by atoms with van der Waals surface area (Å²) < 4.78 is 5.10. The molecule has 114 valence electrons. The predicted octanol–water partition coefficient (Wildman–Crippen LogP) is 2.56. The minimum absolute atomic E-state index is 0. The van der Waals surface area contributed by atoms with Crippen LogP contribution in [0.1, 0.15) is 32.3 Å². The lowest BCUT2D eigenvalue weighted by Gasteiger charge is -2.10. The predicted molar refractivity (Wildman–Crippen MR) is 93.9 cm³/mol. The van der Waals surface area contributed by atoms with Crippen LogP contribution in [0.15, 0.2) is 23.3 Å². The van der Waals surface area contributed by atoms with E-state index in [0.29, 0.717) is 12.4 Å². The van der Waals surface area contributed by atoms with Gasteiger partial charge in [0.05, 0.1) is 13.7 Å². The van der Waals surface area contributed by atoms with Gasteiger partial charge in [0, 0.05) is 25.4 Å². The average molecular weight is 392 g/mol. The number of hydrogen-bond acceptors (Lipinski definition) is 3. The topological polar surface area (TPSA) is 58.5 Å². The molecule has 2 N–H and O–H groups in total. The molecule has 0 aliphatic carbocycles. The summed E-state index contributed by atoms with van der Waals surface area (Å²) in [4.78, 5) is 8.62. The first-order valence-electron chi connectivity index (χ1n) is 6.81. The molecule has 0 aromatic carbocycles. The van der Waals surface area contributed by atoms with E-state index in [1.54, 1.807) is 13.3 Å². The van der Waals surface area contributed by atoms with Crippen molar-refractivity contribution in [2.45, 2.75) is 33.2 Å². The lowest BCUT2D eigenvalue weighted by molar-refractivity contribution is 0.397. The average Bonchev–Trinajstić information content (AvgIpc) is 2.45. The lowest BCUT2D eigenvalue weighted by Crippen LogP contribution is -2.37. The number of guanidine groups is 1. The van der Waals surface area contributed by atoms with E-state index in [4.69, 9.17) is 4.74 Å². The molecule has 0 fully saturated rings. The van der Waals surface area contributed by atoms with Crippen LogP contribution in [0.4, 0.5) is 0 Å². The highest BCUT2D eigenvalue weighted by atomic mass is 127. The maximum Gasteiger partial charge on any atom is 0.213 e. The van der Waals surface area contributed by atoms with Crippen LogP contribution in [-0.4, -0.2) is 31.1 Å². The fourth-order valence-electron chi connectivity index (χ4n) is 1.56. The van der Waals surface area contributed by atoms with Crippen LogP contribution >= 0.6 is 24.0 Å². The third kappa shape index (κ3) is 7.52. The molecular formula is C14H25IN4O. The van der Waals surface area contributed by atoms with Gasteiger partial charge in [-0.05, 0) is 25.0 Å². The van der Waals surface area contributed by atoms with Gasteiger partial charge in [-0.15, -0.1) is 24.0 Å². The summed E-state index contributed by atoms with van der Waals surface area (Å²) in [5.41, 5.74) is 1.08. The molecule has 0 aliphatic heterocycles. The number of aromatic nitrogens is 1. The smallest absolute Gasteiger partial charge is 0.213 e. The summed E-state index contributed by atoms with van der Waals surface area (Å²) in [5.74, 6) is 1.48. The standard InChI is InChI=1S/C14H24N4O.HI/c1-4-6-8-17-14(15-5-2)18-11-12-7-9-16-13(10-12)19-3;/h7,9-10H,4-6,8,11H2,1-3H3,(H2,15,17,18);1H. The van der Waals surface area contributed by atoms with Gasteiger partial charge in [0.15, 0.2) is 5.96 Å². The molecule has 0 amide bonds. The van der Waals surface area contributed by atoms with Crippen molar-refractivity contribution in [1.29, 1.82) is 0 Å². The third-order valence-corrected chi connectivity index (χ3v) is 2.60. The first-order chi connectivity index (χ1) is 9.30. The quantitative estimate of drug-likeness (QED) is 0.324. The minimum atomic E-state index is 0. The van der Waals surface area contributed by atoms with Crippen LogP contribution in [0.2, 0.25) is 0 Å². The second-order valence-electron chi connectivity index (χ2n) is 4.18. The molecule has 0 radical (unpaired) electrons. The monoisotopic (exact) mass is 392 g/mol. The van der Waals surface area contributed by atoms with E-state index >= 15 is 0 Å². The minimum Gasteiger partial charge on any atom is -0.481 e. The van der Waals surface area contributed by atoms with Gasteiger partial charge in [-0.1, -0.05) is 13.3 Å². The number of ether oxygens (including phenoxy) is 1. The zero-order valence-electron chi connectivity index (χ0n) is 12.5. The van der Waals surface area contributed by atoms with E-state index in [1.807, 2.05) is 12.1 Å². The first-order valence-corrected chi connectivity index (χ1v) is 6.81. The Morgan fingerprint density at radius 1 is 1.35 bits per heavy atom. The molecule has 0 unspecified atom stereocenters. The highest BCUT2D eigenvalue weighted by molar-refractivity contribution is 14.0. The highest BCUT2D eigenvalue weighted by Crippen LogP contribution is 2.09. The molecule has 1 heterocycles. The van der Waals surface area contributed by atoms with Gasteiger partial charge >= 0.3 is 0 Å². The van der Waals surface area contributed by atoms with Crippen molar-refractivity contribution in [3.63, 3.8) is 0 Å². The van der Waals surface area contributed by atoms with Gasteiger partial charge in [-0.3, -0.25) is 0 Å². The number of methoxy groups -OCH3 is 1. The van der Waals surface area contributed by atoms with Crippen molar-refractivity contribution < 1.29 is 4.74 Å². The van der Waals surface area contributed by atoms with Gasteiger partial charge in [0.25, 0.3) is 0 Å². The Hall–Kier alpha value is -1.05. The Morgan fingerprint density at radius 3 is 2.80 bits per heavy atom. The second-order valence-corrected chi connectivity index (χ2v) is 4.18. The largest absolute Gasteiger partial charge is 0.481 e. The maximum absolute atomic E-state index is 5.10. The van der Waals surface area contributed by atoms with Crippen LogP contribution in [0.25, 0.3) is 0 Å². The molecule has 1 aromatic rings. The number of nitrogens with one attached hydrogen (secondary N) is 2. The van der Waals surface area contributed by atoms with Crippen LogP contribution in [0.5, 0.6) is 5.88 Å². The van der Waals surface area contributed by atoms with Crippen LogP contribution < -0.4 is 15.4 Å². The Balaban J connectivity index is 0.00000361. The van der Waals surface area contributed by atoms with E-state index in [9.17, 15) is 0 Å². The molecule has 0 spiro atoms. The summed E-state index contributed by atoms with van der Waals surface area (Å²) in [6, 6.07) is 3.85. The van der Waals surface area contributed by atoms with Crippen molar-refractivity contribution in [1.82, 2.24) is 15.6 Å². The first kappa shape index (κ1) is 18.9. The van der Waals surface area contributed by atoms with E-state index in [-0.39, 0.29) is 24.0 Å². The van der Waals surface area contributed by atoms with Gasteiger partial charge in [0.1, 0.15) is 0 Å². The number of halogens is 1. The van der Waals surface area contributed by atoms with E-state index in [0.717, 1.165) is 31.0 Å². The van der Waals surface area contributed by atoms with E-state index < -0.39 is 0 Å². The van der Waals surface area contributed by atoms with Crippen molar-refractivity contribution in [2.75, 3.05) is 20.2 Å². The highest BCUT2D eigenvalue weighted by Gasteiger charge is 1.99. The fraction of sp³-hybridized carbons (Fsp3) is 0.571. The molecule has 1 rings (SSSR count). The van der Waals surface area contributed by atoms with Crippen molar-refractivity contribution in [2.24, 2.45) is 4.99 Å². The lowest BCUT2D eigenvalue weighted by atomic mass is 10.3. The van der Waals surface area contributed by atoms with Crippen molar-refractivity contribution in [3.05, 3.63) is 23.9 Å². The zero-order chi connectivity index (χ0) is 13.9. The van der Waals surface area contributed by atoms with Gasteiger partial charge in [-0.2, -0.15) is 0 Å². The summed E-state index contributed by atoms with van der Waals surface area (Å²) >= 11 is 0. The van der Waals surface area contributed by atoms with Gasteiger partial charge in [0.2, 0.25) is 5.88 Å². The van der Waals surface area contributed by atoms with E-state index in [1.165, 1.54) is 6.42 Å². The Labute approximate surface area is 138 Å². The molecule has 0 atom stereocenters. The number of aliphatic imine (C=N–C) groups is 1. The van der Waals surface area contributed by atoms with Crippen LogP contribution in [0.3, 0.4) is 0 Å². The molecule has 0 aliphatic rings. The zero-order valence-corrected chi connectivity index (χ0v) is 14.8. The molecule has 0 bridgehead atoms. The van der Waals surface area contributed by atoms with Gasteiger partial charge in [-0.25, -0.2) is 9.98 Å². The van der Waals surface area contributed by atoms with Crippen LogP contribution in [0, 0.1) is 0 Å². The number of rotatable bonds is 7. The molecular weight excluding hydrogens is 367 g/mol. The number of nitrogens with zero attached hydrogens (tertiary/aromatic N) is 2. The number of hydrogen-bond donors (Lipinski definition) is 2. The molecule has 0 saturated carbocycles. The number of pyridine rings is 1. The molecule has 0 saturated heterocycles. The SMILES string of the molecule is CCCCNC(=NCc1ccnc(OC)c1)NCC.I. The third-order valence-electron chi connectivity index (χ3n) is 2.60. The number of unbranched alkanes of at least 4 members (excludes halogenated alkanes) is 1. The van der Waals surface area contributed by atoms with Crippen molar-refractivity contribution >= 4 is 29.9 Å². The van der Waals surface area contributed by atoms with Crippen LogP contribution in [-0.2, 0) is 6.54 Å². The fourth-order valence-corrected chi connectivity index (χ4v) is 1.56. The summed E-state index contributed by atoms with van der Waals surface area (Å²) in [7, 11) is 1.62. The molecule has 6 heteroatoms. The van der Waals surface area contributed by atoms with Gasteiger partial charge < -0.3 is 15.4 Å². The van der Waals surface area contributed by atoms with Crippen molar-refractivity contribution in [3.8, 4) is 5.88 Å². The Kier molecular flexibility index (Phi) is 11.1. The summed E-state index contributed by atoms with van der Waals surface area (Å²) in [6.07, 6.45) is 4.06. The summed E-state index contributed by atoms with van der Waals surface area (Å²) in [6.45, 7) is 6.65. The maximum atomic E-state index is 5.10. The molecule has 5 nitrogen and oxygen atoms in total. The molecule has 20 heavy (non-hydrogen) atoms. The Morgan fingerprint density at radius 2 is 2.15 bits per heavy atom. The normalized spacial score (nSPS) is 10.7.